The van der Waals surface area contributed by atoms with E-state index in [1.807, 2.05) is 38.1 Å². The van der Waals surface area contributed by atoms with Gasteiger partial charge >= 0.3 is 0 Å². The van der Waals surface area contributed by atoms with Gasteiger partial charge in [-0.3, -0.25) is 4.79 Å². The maximum Gasteiger partial charge on any atom is 0.254 e. The van der Waals surface area contributed by atoms with Gasteiger partial charge in [-0.15, -0.1) is 0 Å². The molecule has 22 heavy (non-hydrogen) atoms. The van der Waals surface area contributed by atoms with Gasteiger partial charge < -0.3 is 9.64 Å². The molecule has 0 N–H and O–H groups in total. The maximum atomic E-state index is 12.7. The first-order valence-corrected chi connectivity index (χ1v) is 7.51. The normalized spacial score (nSPS) is 11.8. The molecular formula is C17H19ClN2O2. The predicted molar refractivity (Wildman–Crippen MR) is 87.4 cm³/mol. The number of hydrogen-bond donors (Lipinski definition) is 0. The fraction of sp³-hybridized carbons (Fsp3) is 0.294. The Balaban J connectivity index is 2.28. The molecule has 1 aromatic heterocycles. The lowest BCUT2D eigenvalue weighted by atomic mass is 10.1. The quantitative estimate of drug-likeness (QED) is 0.783. The van der Waals surface area contributed by atoms with E-state index < -0.39 is 0 Å². The van der Waals surface area contributed by atoms with Gasteiger partial charge in [-0.2, -0.15) is 0 Å². The van der Waals surface area contributed by atoms with Crippen molar-refractivity contribution in [1.82, 2.24) is 9.88 Å². The molecule has 0 aliphatic rings. The van der Waals surface area contributed by atoms with Crippen LogP contribution in [0, 0.1) is 0 Å². The summed E-state index contributed by atoms with van der Waals surface area (Å²) in [4.78, 5) is 18.4. The zero-order valence-electron chi connectivity index (χ0n) is 12.9. The fourth-order valence-electron chi connectivity index (χ4n) is 2.38. The van der Waals surface area contributed by atoms with Crippen LogP contribution in [-0.4, -0.2) is 29.4 Å². The number of rotatable bonds is 5. The van der Waals surface area contributed by atoms with Crippen LogP contribution in [0.1, 0.15) is 35.8 Å². The molecule has 1 atom stereocenters. The smallest absolute Gasteiger partial charge is 0.254 e. The van der Waals surface area contributed by atoms with Crippen molar-refractivity contribution in [1.29, 1.82) is 0 Å². The van der Waals surface area contributed by atoms with Crippen molar-refractivity contribution < 1.29 is 9.53 Å². The Bertz CT molecular complexity index is 661. The van der Waals surface area contributed by atoms with Crippen LogP contribution in [0.2, 0.25) is 5.15 Å². The molecule has 116 valence electrons. The van der Waals surface area contributed by atoms with E-state index in [1.54, 1.807) is 30.3 Å². The molecule has 1 unspecified atom stereocenters. The first-order chi connectivity index (χ1) is 10.6. The molecule has 2 aromatic rings. The van der Waals surface area contributed by atoms with Gasteiger partial charge in [0.1, 0.15) is 10.9 Å². The van der Waals surface area contributed by atoms with Crippen molar-refractivity contribution in [2.24, 2.45) is 0 Å². The van der Waals surface area contributed by atoms with Crippen molar-refractivity contribution in [2.45, 2.75) is 19.9 Å². The molecule has 5 heteroatoms. The molecule has 0 spiro atoms. The van der Waals surface area contributed by atoms with Crippen LogP contribution in [0.3, 0.4) is 0 Å². The van der Waals surface area contributed by atoms with E-state index in [2.05, 4.69) is 4.98 Å². The molecule has 2 rings (SSSR count). The number of halogens is 1. The van der Waals surface area contributed by atoms with Gasteiger partial charge in [-0.25, -0.2) is 4.98 Å². The number of carbonyl (C=O) groups excluding carboxylic acids is 1. The molecule has 0 fully saturated rings. The topological polar surface area (TPSA) is 42.4 Å². The summed E-state index contributed by atoms with van der Waals surface area (Å²) in [6, 6.07) is 10.9. The minimum atomic E-state index is -0.0699. The molecule has 4 nitrogen and oxygen atoms in total. The highest BCUT2D eigenvalue weighted by atomic mass is 35.5. The van der Waals surface area contributed by atoms with Crippen LogP contribution in [-0.2, 0) is 0 Å². The molecule has 1 heterocycles. The highest BCUT2D eigenvalue weighted by Gasteiger charge is 2.21. The third kappa shape index (κ3) is 3.57. The van der Waals surface area contributed by atoms with Crippen molar-refractivity contribution in [3.63, 3.8) is 0 Å². The lowest BCUT2D eigenvalue weighted by Crippen LogP contribution is -2.33. The standard InChI is InChI=1S/C17H19ClN2O2/c1-4-20(17(21)14-8-9-19-16(18)11-14)12(2)13-6-5-7-15(10-13)22-3/h5-12H,4H2,1-3H3. The fourth-order valence-corrected chi connectivity index (χ4v) is 2.55. The Morgan fingerprint density at radius 1 is 1.36 bits per heavy atom. The van der Waals surface area contributed by atoms with Crippen LogP contribution in [0.5, 0.6) is 5.75 Å². The van der Waals surface area contributed by atoms with Crippen molar-refractivity contribution in [3.05, 3.63) is 58.9 Å². The molecule has 0 bridgehead atoms. The van der Waals surface area contributed by atoms with Crippen LogP contribution in [0.25, 0.3) is 0 Å². The molecular weight excluding hydrogens is 300 g/mol. The zero-order valence-corrected chi connectivity index (χ0v) is 13.7. The largest absolute Gasteiger partial charge is 0.497 e. The monoisotopic (exact) mass is 318 g/mol. The first kappa shape index (κ1) is 16.3. The summed E-state index contributed by atoms with van der Waals surface area (Å²) in [5, 5.41) is 0.316. The average Bonchev–Trinajstić information content (AvgIpc) is 2.55. The van der Waals surface area contributed by atoms with Gasteiger partial charge in [-0.1, -0.05) is 23.7 Å². The van der Waals surface area contributed by atoms with Crippen molar-refractivity contribution in [2.75, 3.05) is 13.7 Å². The van der Waals surface area contributed by atoms with Gasteiger partial charge in [-0.05, 0) is 43.7 Å². The molecule has 0 aliphatic heterocycles. The van der Waals surface area contributed by atoms with E-state index in [4.69, 9.17) is 16.3 Å². The Morgan fingerprint density at radius 2 is 2.14 bits per heavy atom. The second-order valence-electron chi connectivity index (χ2n) is 4.91. The molecule has 0 saturated carbocycles. The Hall–Kier alpha value is -2.07. The van der Waals surface area contributed by atoms with Gasteiger partial charge in [0.25, 0.3) is 5.91 Å². The van der Waals surface area contributed by atoms with Gasteiger partial charge in [0, 0.05) is 18.3 Å². The number of nitrogens with zero attached hydrogens (tertiary/aromatic N) is 2. The number of carbonyl (C=O) groups is 1. The molecule has 0 saturated heterocycles. The van der Waals surface area contributed by atoms with Crippen LogP contribution >= 0.6 is 11.6 Å². The Kier molecular flexibility index (Phi) is 5.39. The van der Waals surface area contributed by atoms with E-state index in [1.165, 1.54) is 0 Å². The summed E-state index contributed by atoms with van der Waals surface area (Å²) < 4.78 is 5.25. The van der Waals surface area contributed by atoms with Crippen LogP contribution in [0.15, 0.2) is 42.6 Å². The Labute approximate surface area is 135 Å². The number of amides is 1. The minimum absolute atomic E-state index is 0.0675. The van der Waals surface area contributed by atoms with Gasteiger partial charge in [0.05, 0.1) is 13.2 Å². The van der Waals surface area contributed by atoms with Crippen LogP contribution in [0.4, 0.5) is 0 Å². The van der Waals surface area contributed by atoms with E-state index in [0.717, 1.165) is 11.3 Å². The van der Waals surface area contributed by atoms with Crippen LogP contribution < -0.4 is 4.74 Å². The summed E-state index contributed by atoms with van der Waals surface area (Å²) in [5.74, 6) is 0.710. The van der Waals surface area contributed by atoms with E-state index in [0.29, 0.717) is 17.3 Å². The third-order valence-corrected chi connectivity index (χ3v) is 3.83. The predicted octanol–water partition coefficient (Wildman–Crippen LogP) is 3.97. The summed E-state index contributed by atoms with van der Waals surface area (Å²) in [5.41, 5.74) is 1.56. The van der Waals surface area contributed by atoms with Crippen molar-refractivity contribution >= 4 is 17.5 Å². The number of aromatic nitrogens is 1. The molecule has 0 aliphatic carbocycles. The summed E-state index contributed by atoms with van der Waals surface area (Å²) in [7, 11) is 1.63. The first-order valence-electron chi connectivity index (χ1n) is 7.13. The lowest BCUT2D eigenvalue weighted by molar-refractivity contribution is 0.0702. The van der Waals surface area contributed by atoms with E-state index in [-0.39, 0.29) is 11.9 Å². The number of pyridine rings is 1. The number of methoxy groups -OCH3 is 1. The summed E-state index contributed by atoms with van der Waals surface area (Å²) >= 11 is 5.87. The van der Waals surface area contributed by atoms with Gasteiger partial charge in [0.15, 0.2) is 0 Å². The van der Waals surface area contributed by atoms with E-state index in [9.17, 15) is 4.79 Å². The number of benzene rings is 1. The average molecular weight is 319 g/mol. The zero-order chi connectivity index (χ0) is 16.1. The highest BCUT2D eigenvalue weighted by molar-refractivity contribution is 6.29. The van der Waals surface area contributed by atoms with Gasteiger partial charge in [0.2, 0.25) is 0 Å². The maximum absolute atomic E-state index is 12.7. The second kappa shape index (κ2) is 7.27. The Morgan fingerprint density at radius 3 is 2.77 bits per heavy atom. The van der Waals surface area contributed by atoms with E-state index >= 15 is 0 Å². The SMILES string of the molecule is CCN(C(=O)c1ccnc(Cl)c1)C(C)c1cccc(OC)c1. The molecule has 1 amide bonds. The van der Waals surface area contributed by atoms with Crippen molar-refractivity contribution in [3.8, 4) is 5.75 Å². The third-order valence-electron chi connectivity index (χ3n) is 3.62. The summed E-state index contributed by atoms with van der Waals surface area (Å²) in [6.07, 6.45) is 1.54. The highest BCUT2D eigenvalue weighted by Crippen LogP contribution is 2.25. The molecule has 1 aromatic carbocycles. The minimum Gasteiger partial charge on any atom is -0.497 e. The second-order valence-corrected chi connectivity index (χ2v) is 5.30. The summed E-state index contributed by atoms with van der Waals surface area (Å²) in [6.45, 7) is 4.55. The molecule has 0 radical (unpaired) electrons. The number of ether oxygens (including phenoxy) is 1. The number of hydrogen-bond acceptors (Lipinski definition) is 3. The lowest BCUT2D eigenvalue weighted by Gasteiger charge is -2.28.